The van der Waals surface area contributed by atoms with Gasteiger partial charge in [-0.2, -0.15) is 0 Å². The molecular weight excluding hydrogens is 730 g/mol. The Bertz CT molecular complexity index is 2380. The summed E-state index contributed by atoms with van der Waals surface area (Å²) in [7, 11) is -1.27. The van der Waals surface area contributed by atoms with Crippen molar-refractivity contribution in [3.63, 3.8) is 0 Å². The number of halogens is 1. The van der Waals surface area contributed by atoms with Crippen molar-refractivity contribution in [1.82, 2.24) is 19.9 Å². The molecule has 3 heterocycles. The van der Waals surface area contributed by atoms with Crippen molar-refractivity contribution >= 4 is 43.9 Å². The van der Waals surface area contributed by atoms with Crippen LogP contribution in [0.2, 0.25) is 5.04 Å². The molecule has 2 N–H and O–H groups in total. The number of nitrogens with zero attached hydrogens (tertiary/aromatic N) is 3. The van der Waals surface area contributed by atoms with Crippen LogP contribution in [0.4, 0.5) is 10.1 Å². The van der Waals surface area contributed by atoms with Gasteiger partial charge in [0.2, 0.25) is 0 Å². The number of alkyl halides is 1. The summed E-state index contributed by atoms with van der Waals surface area (Å²) in [6.45, 7) is 12.8. The number of carbonyl (C=O) groups is 2. The number of hydrogen-bond acceptors (Lipinski definition) is 5. The summed E-state index contributed by atoms with van der Waals surface area (Å²) in [5, 5.41) is 4.04. The van der Waals surface area contributed by atoms with E-state index in [1.165, 1.54) is 4.90 Å². The van der Waals surface area contributed by atoms with E-state index in [1.807, 2.05) is 91.0 Å². The number of anilines is 1. The number of H-pyrrole nitrogens is 1. The van der Waals surface area contributed by atoms with Gasteiger partial charge < -0.3 is 19.6 Å². The number of aromatic nitrogens is 3. The van der Waals surface area contributed by atoms with Gasteiger partial charge in [-0.1, -0.05) is 133 Å². The minimum Gasteiger partial charge on any atom is -0.406 e. The van der Waals surface area contributed by atoms with Gasteiger partial charge in [0.05, 0.1) is 5.69 Å². The predicted molar refractivity (Wildman–Crippen MR) is 230 cm³/mol. The Hall–Kier alpha value is -5.71. The fraction of sp³-hybridized carbons (Fsp3) is 0.277. The van der Waals surface area contributed by atoms with Crippen LogP contribution in [-0.2, 0) is 20.2 Å². The zero-order valence-corrected chi connectivity index (χ0v) is 34.9. The smallest absolute Gasteiger partial charge is 0.255 e. The van der Waals surface area contributed by atoms with Crippen LogP contribution in [0.25, 0.3) is 27.9 Å². The zero-order chi connectivity index (χ0) is 40.4. The van der Waals surface area contributed by atoms with E-state index in [1.54, 1.807) is 6.33 Å². The summed E-state index contributed by atoms with van der Waals surface area (Å²) < 4.78 is 20.7. The number of carbonyl (C=O) groups excluding carboxylic acids is 2. The van der Waals surface area contributed by atoms with E-state index in [-0.39, 0.29) is 16.4 Å². The van der Waals surface area contributed by atoms with Crippen molar-refractivity contribution in [1.29, 1.82) is 0 Å². The zero-order valence-electron chi connectivity index (χ0n) is 33.5. The molecule has 0 spiro atoms. The molecule has 0 atom stereocenters. The molecule has 0 fully saturated rings. The van der Waals surface area contributed by atoms with Gasteiger partial charge in [-0.05, 0) is 63.4 Å². The molecule has 0 bridgehead atoms. The molecule has 0 unspecified atom stereocenters. The molecule has 57 heavy (non-hydrogen) atoms. The minimum atomic E-state index is -1.27. The lowest BCUT2D eigenvalue weighted by atomic mass is 9.76. The highest BCUT2D eigenvalue weighted by Crippen LogP contribution is 2.49. The molecular formula is C47H50FN5O3Si. The lowest BCUT2D eigenvalue weighted by molar-refractivity contribution is -0.131. The molecule has 1 aliphatic rings. The largest absolute Gasteiger partial charge is 0.406 e. The Morgan fingerprint density at radius 1 is 0.842 bits per heavy atom. The Morgan fingerprint density at radius 2 is 1.51 bits per heavy atom. The number of benzene rings is 4. The van der Waals surface area contributed by atoms with Crippen LogP contribution in [-0.4, -0.2) is 61.2 Å². The molecule has 8 nitrogen and oxygen atoms in total. The van der Waals surface area contributed by atoms with Crippen molar-refractivity contribution in [2.45, 2.75) is 64.0 Å². The highest BCUT2D eigenvalue weighted by atomic mass is 28.2. The van der Waals surface area contributed by atoms with Crippen molar-refractivity contribution in [3.05, 3.63) is 155 Å². The molecule has 0 saturated carbocycles. The number of fused-ring (bicyclic) bond motifs is 1. The van der Waals surface area contributed by atoms with E-state index in [0.717, 1.165) is 44.5 Å². The maximum atomic E-state index is 14.3. The Balaban J connectivity index is 1.47. The second-order valence-corrected chi connectivity index (χ2v) is 19.6. The average molecular weight is 780 g/mol. The van der Waals surface area contributed by atoms with E-state index < -0.39 is 27.9 Å². The molecule has 6 aromatic rings. The number of aromatic amines is 1. The lowest BCUT2D eigenvalue weighted by Gasteiger charge is -2.40. The van der Waals surface area contributed by atoms with E-state index in [2.05, 4.69) is 81.1 Å². The summed E-state index contributed by atoms with van der Waals surface area (Å²) in [5.41, 5.74) is 7.65. The molecule has 7 rings (SSSR count). The normalized spacial score (nSPS) is 13.9. The number of amides is 2. The number of rotatable bonds is 10. The maximum Gasteiger partial charge on any atom is 0.255 e. The third-order valence-corrected chi connectivity index (χ3v) is 11.9. The van der Waals surface area contributed by atoms with Crippen molar-refractivity contribution < 1.29 is 18.4 Å². The van der Waals surface area contributed by atoms with E-state index in [0.29, 0.717) is 42.1 Å². The van der Waals surface area contributed by atoms with Gasteiger partial charge in [-0.3, -0.25) is 9.59 Å². The molecule has 0 saturated heterocycles. The van der Waals surface area contributed by atoms with E-state index in [4.69, 9.17) is 9.41 Å². The molecule has 2 aromatic heterocycles. The topological polar surface area (TPSA) is 100 Å². The van der Waals surface area contributed by atoms with Crippen LogP contribution in [0.1, 0.15) is 86.3 Å². The first-order valence-corrected chi connectivity index (χ1v) is 20.7. The molecule has 0 aliphatic carbocycles. The first-order valence-electron chi connectivity index (χ1n) is 19.5. The standard InChI is InChI=1S/C47H50FN5O3Si/c1-45(2,3)33-22-20-32(21-23-33)44(55)52-38-19-13-18-36(42-37-28-39(51-43(37)50-30-49-42)31-24-26-53(27-25-31)40(54)29-48)41(38)47(56-57-46(4,5)6,34-14-9-7-10-15-34)35-16-11-8-12-17-35/h7-24,28,30H,25-27,29,57H2,1-6H3,(H,52,55)(H,49,50,51). The van der Waals surface area contributed by atoms with E-state index in [9.17, 15) is 14.0 Å². The first kappa shape index (κ1) is 39.5. The maximum absolute atomic E-state index is 14.3. The molecule has 292 valence electrons. The molecule has 2 amide bonds. The quantitative estimate of drug-likeness (QED) is 0.107. The number of nitrogens with one attached hydrogen (secondary N) is 2. The Labute approximate surface area is 336 Å². The highest BCUT2D eigenvalue weighted by Gasteiger charge is 2.43. The second kappa shape index (κ2) is 16.0. The number of hydrogen-bond donors (Lipinski definition) is 2. The highest BCUT2D eigenvalue weighted by molar-refractivity contribution is 6.32. The summed E-state index contributed by atoms with van der Waals surface area (Å²) in [4.78, 5) is 41.0. The molecule has 4 aromatic carbocycles. The monoisotopic (exact) mass is 779 g/mol. The van der Waals surface area contributed by atoms with Crippen LogP contribution in [0.3, 0.4) is 0 Å². The molecule has 10 heteroatoms. The fourth-order valence-corrected chi connectivity index (χ4v) is 8.59. The van der Waals surface area contributed by atoms with Gasteiger partial charge in [0, 0.05) is 46.5 Å². The third kappa shape index (κ3) is 8.24. The van der Waals surface area contributed by atoms with Crippen LogP contribution in [0.15, 0.2) is 122 Å². The summed E-state index contributed by atoms with van der Waals surface area (Å²) >= 11 is 0. The summed E-state index contributed by atoms with van der Waals surface area (Å²) in [5.74, 6) is -0.744. The summed E-state index contributed by atoms with van der Waals surface area (Å²) in [6.07, 6.45) is 4.09. The van der Waals surface area contributed by atoms with Crippen LogP contribution in [0.5, 0.6) is 0 Å². The molecule has 0 radical (unpaired) electrons. The lowest BCUT2D eigenvalue weighted by Crippen LogP contribution is -2.38. The van der Waals surface area contributed by atoms with Crippen molar-refractivity contribution in [2.24, 2.45) is 0 Å². The molecule has 1 aliphatic heterocycles. The van der Waals surface area contributed by atoms with Crippen LogP contribution in [0, 0.1) is 0 Å². The second-order valence-electron chi connectivity index (χ2n) is 16.9. The van der Waals surface area contributed by atoms with Gasteiger partial charge in [-0.25, -0.2) is 14.4 Å². The van der Waals surface area contributed by atoms with Gasteiger partial charge in [0.25, 0.3) is 11.8 Å². The van der Waals surface area contributed by atoms with Gasteiger partial charge >= 0.3 is 0 Å². The minimum absolute atomic E-state index is 0.0566. The summed E-state index contributed by atoms with van der Waals surface area (Å²) in [6, 6.07) is 36.2. The Morgan fingerprint density at radius 3 is 2.09 bits per heavy atom. The van der Waals surface area contributed by atoms with Gasteiger partial charge in [0.1, 0.15) is 17.6 Å². The van der Waals surface area contributed by atoms with E-state index >= 15 is 0 Å². The van der Waals surface area contributed by atoms with Gasteiger partial charge in [-0.15, -0.1) is 0 Å². The first-order chi connectivity index (χ1) is 27.3. The fourth-order valence-electron chi connectivity index (χ4n) is 7.47. The average Bonchev–Trinajstić information content (AvgIpc) is 3.66. The predicted octanol–water partition coefficient (Wildman–Crippen LogP) is 9.37. The van der Waals surface area contributed by atoms with Crippen molar-refractivity contribution in [3.8, 4) is 11.3 Å². The van der Waals surface area contributed by atoms with Crippen LogP contribution >= 0.6 is 0 Å². The Kier molecular flexibility index (Phi) is 11.1. The van der Waals surface area contributed by atoms with Crippen LogP contribution < -0.4 is 5.32 Å². The van der Waals surface area contributed by atoms with Gasteiger partial charge in [0.15, 0.2) is 16.4 Å². The SMILES string of the molecule is CC(C)(C)[SiH2]OC(c1ccccc1)(c1ccccc1)c1c(NC(=O)c2ccc(C(C)(C)C)cc2)cccc1-c1ncnc2[nH]c(C3=CCN(C(=O)CF)CC3)cc12. The van der Waals surface area contributed by atoms with Crippen molar-refractivity contribution in [2.75, 3.05) is 25.1 Å². The third-order valence-electron chi connectivity index (χ3n) is 10.5.